The molecule has 0 radical (unpaired) electrons. The quantitative estimate of drug-likeness (QED) is 0.670. The first kappa shape index (κ1) is 16.6. The Morgan fingerprint density at radius 3 is 2.54 bits per heavy atom. The molecule has 124 valence electrons. The Balaban J connectivity index is 2.43. The molecule has 3 aromatic rings. The monoisotopic (exact) mass is 391 g/mol. The molecule has 1 aromatic carbocycles. The Kier molecular flexibility index (Phi) is 4.17. The molecule has 0 aliphatic carbocycles. The van der Waals surface area contributed by atoms with Gasteiger partial charge in [-0.05, 0) is 47.0 Å². The van der Waals surface area contributed by atoms with Crippen LogP contribution < -0.4 is 11.2 Å². The predicted octanol–water partition coefficient (Wildman–Crippen LogP) is 3.60. The van der Waals surface area contributed by atoms with E-state index in [0.29, 0.717) is 32.2 Å². The van der Waals surface area contributed by atoms with Crippen LogP contribution in [0, 0.1) is 19.7 Å². The van der Waals surface area contributed by atoms with Gasteiger partial charge in [-0.15, -0.1) is 0 Å². The summed E-state index contributed by atoms with van der Waals surface area (Å²) in [6.07, 6.45) is 0.144. The van der Waals surface area contributed by atoms with Crippen LogP contribution >= 0.6 is 15.9 Å². The molecule has 2 aromatic heterocycles. The highest BCUT2D eigenvalue weighted by atomic mass is 79.9. The molecule has 0 bridgehead atoms. The number of halogens is 2. The molecule has 0 fully saturated rings. The molecule has 24 heavy (non-hydrogen) atoms. The number of hydrogen-bond acceptors (Lipinski definition) is 3. The minimum Gasteiger partial charge on any atom is -0.421 e. The third-order valence-corrected chi connectivity index (χ3v) is 5.28. The van der Waals surface area contributed by atoms with E-state index in [-0.39, 0.29) is 23.4 Å². The third-order valence-electron chi connectivity index (χ3n) is 4.35. The summed E-state index contributed by atoms with van der Waals surface area (Å²) in [6.45, 7) is 3.34. The van der Waals surface area contributed by atoms with Crippen molar-refractivity contribution in [2.24, 2.45) is 7.05 Å². The molecule has 0 aliphatic heterocycles. The van der Waals surface area contributed by atoms with Crippen LogP contribution in [-0.2, 0) is 13.5 Å². The molecule has 4 nitrogen and oxygen atoms in total. The minimum absolute atomic E-state index is 0.144. The van der Waals surface area contributed by atoms with Crippen LogP contribution in [0.5, 0.6) is 0 Å². The lowest BCUT2D eigenvalue weighted by Crippen LogP contribution is -2.23. The van der Waals surface area contributed by atoms with Gasteiger partial charge in [0, 0.05) is 24.7 Å². The summed E-state index contributed by atoms with van der Waals surface area (Å²) in [5.74, 6) is -0.374. The van der Waals surface area contributed by atoms with Gasteiger partial charge in [0.25, 0.3) is 5.56 Å². The van der Waals surface area contributed by atoms with E-state index in [1.54, 1.807) is 39.1 Å². The number of aromatic nitrogens is 1. The van der Waals surface area contributed by atoms with Gasteiger partial charge in [0.05, 0.1) is 9.86 Å². The van der Waals surface area contributed by atoms with Gasteiger partial charge in [-0.1, -0.05) is 18.2 Å². The van der Waals surface area contributed by atoms with Gasteiger partial charge in [0.1, 0.15) is 5.82 Å². The molecule has 3 rings (SSSR count). The molecule has 6 heteroatoms. The summed E-state index contributed by atoms with van der Waals surface area (Å²) >= 11 is 3.39. The zero-order chi connectivity index (χ0) is 17.6. The lowest BCUT2D eigenvalue weighted by Gasteiger charge is -2.13. The Hall–Kier alpha value is -2.21. The fourth-order valence-electron chi connectivity index (χ4n) is 2.73. The smallest absolute Gasteiger partial charge is 0.339 e. The standard InChI is InChI=1S/C18H15BrFNO3/c1-9-12(8-11-6-4-5-7-13(11)20)14-16(24-18(9)23)15(19)10(2)21(3)17(14)22/h4-7H,8H2,1-3H3. The van der Waals surface area contributed by atoms with Gasteiger partial charge in [0.2, 0.25) is 0 Å². The number of hydrogen-bond donors (Lipinski definition) is 0. The number of rotatable bonds is 2. The van der Waals surface area contributed by atoms with E-state index in [2.05, 4.69) is 15.9 Å². The largest absolute Gasteiger partial charge is 0.421 e. The van der Waals surface area contributed by atoms with E-state index in [0.717, 1.165) is 0 Å². The van der Waals surface area contributed by atoms with Crippen molar-refractivity contribution in [1.82, 2.24) is 4.57 Å². The highest BCUT2D eigenvalue weighted by molar-refractivity contribution is 9.10. The fourth-order valence-corrected chi connectivity index (χ4v) is 3.28. The van der Waals surface area contributed by atoms with Crippen LogP contribution in [0.1, 0.15) is 22.4 Å². The van der Waals surface area contributed by atoms with Crippen molar-refractivity contribution in [2.45, 2.75) is 20.3 Å². The van der Waals surface area contributed by atoms with Crippen LogP contribution in [0.2, 0.25) is 0 Å². The summed E-state index contributed by atoms with van der Waals surface area (Å²) in [6, 6.07) is 6.32. The van der Waals surface area contributed by atoms with Crippen LogP contribution in [-0.4, -0.2) is 4.57 Å². The zero-order valence-electron chi connectivity index (χ0n) is 13.4. The van der Waals surface area contributed by atoms with E-state index < -0.39 is 5.63 Å². The summed E-state index contributed by atoms with van der Waals surface area (Å²) in [7, 11) is 1.65. The van der Waals surface area contributed by atoms with Crippen LogP contribution in [0.15, 0.2) is 42.7 Å². The lowest BCUT2D eigenvalue weighted by atomic mass is 9.98. The molecule has 0 atom stereocenters. The molecular formula is C18H15BrFNO3. The van der Waals surface area contributed by atoms with E-state index in [1.165, 1.54) is 10.6 Å². The number of nitrogens with zero attached hydrogens (tertiary/aromatic N) is 1. The highest BCUT2D eigenvalue weighted by Gasteiger charge is 2.20. The van der Waals surface area contributed by atoms with Crippen molar-refractivity contribution in [3.05, 3.63) is 77.7 Å². The first-order valence-electron chi connectivity index (χ1n) is 7.37. The van der Waals surface area contributed by atoms with Crippen molar-refractivity contribution < 1.29 is 8.81 Å². The number of benzene rings is 1. The molecule has 0 aliphatic rings. The van der Waals surface area contributed by atoms with E-state index in [4.69, 9.17) is 4.42 Å². The summed E-state index contributed by atoms with van der Waals surface area (Å²) in [5, 5.41) is 0.301. The van der Waals surface area contributed by atoms with Gasteiger partial charge < -0.3 is 8.98 Å². The van der Waals surface area contributed by atoms with Gasteiger partial charge in [0.15, 0.2) is 5.58 Å². The number of pyridine rings is 1. The fraction of sp³-hybridized carbons (Fsp3) is 0.222. The number of fused-ring (bicyclic) bond motifs is 1. The summed E-state index contributed by atoms with van der Waals surface area (Å²) in [4.78, 5) is 24.9. The normalized spacial score (nSPS) is 11.2. The van der Waals surface area contributed by atoms with Crippen molar-refractivity contribution in [3.63, 3.8) is 0 Å². The second-order valence-electron chi connectivity index (χ2n) is 5.73. The first-order chi connectivity index (χ1) is 11.3. The topological polar surface area (TPSA) is 52.2 Å². The molecule has 0 amide bonds. The van der Waals surface area contributed by atoms with Crippen molar-refractivity contribution in [1.29, 1.82) is 0 Å². The van der Waals surface area contributed by atoms with E-state index in [9.17, 15) is 14.0 Å². The average Bonchev–Trinajstić information content (AvgIpc) is 2.56. The maximum absolute atomic E-state index is 14.0. The van der Waals surface area contributed by atoms with Crippen LogP contribution in [0.3, 0.4) is 0 Å². The first-order valence-corrected chi connectivity index (χ1v) is 8.17. The van der Waals surface area contributed by atoms with Crippen molar-refractivity contribution in [2.75, 3.05) is 0 Å². The van der Waals surface area contributed by atoms with Gasteiger partial charge in [-0.2, -0.15) is 0 Å². The third kappa shape index (κ3) is 2.51. The predicted molar refractivity (Wildman–Crippen MR) is 94.1 cm³/mol. The van der Waals surface area contributed by atoms with Crippen LogP contribution in [0.25, 0.3) is 11.0 Å². The highest BCUT2D eigenvalue weighted by Crippen LogP contribution is 2.28. The molecule has 2 heterocycles. The Labute approximate surface area is 145 Å². The Morgan fingerprint density at radius 2 is 1.88 bits per heavy atom. The zero-order valence-corrected chi connectivity index (χ0v) is 15.0. The van der Waals surface area contributed by atoms with Crippen molar-refractivity contribution >= 4 is 26.9 Å². The second-order valence-corrected chi connectivity index (χ2v) is 6.52. The maximum Gasteiger partial charge on any atom is 0.339 e. The molecular weight excluding hydrogens is 377 g/mol. The molecule has 0 saturated heterocycles. The van der Waals surface area contributed by atoms with E-state index >= 15 is 0 Å². The summed E-state index contributed by atoms with van der Waals surface area (Å²) < 4.78 is 21.4. The molecule has 0 N–H and O–H groups in total. The van der Waals surface area contributed by atoms with Gasteiger partial charge in [-0.25, -0.2) is 9.18 Å². The van der Waals surface area contributed by atoms with Crippen LogP contribution in [0.4, 0.5) is 4.39 Å². The molecule has 0 saturated carbocycles. The average molecular weight is 392 g/mol. The Morgan fingerprint density at radius 1 is 1.21 bits per heavy atom. The Bertz CT molecular complexity index is 1080. The molecule has 0 unspecified atom stereocenters. The second kappa shape index (κ2) is 6.02. The van der Waals surface area contributed by atoms with Gasteiger partial charge in [-0.3, -0.25) is 4.79 Å². The minimum atomic E-state index is -0.526. The molecule has 0 spiro atoms. The van der Waals surface area contributed by atoms with Crippen molar-refractivity contribution in [3.8, 4) is 0 Å². The lowest BCUT2D eigenvalue weighted by molar-refractivity contribution is 0.547. The summed E-state index contributed by atoms with van der Waals surface area (Å²) in [5.41, 5.74) is 1.29. The van der Waals surface area contributed by atoms with E-state index in [1.807, 2.05) is 0 Å². The van der Waals surface area contributed by atoms with Gasteiger partial charge >= 0.3 is 5.63 Å². The SMILES string of the molecule is Cc1c(Cc2ccccc2F)c2c(=O)n(C)c(C)c(Br)c2oc1=O. The maximum atomic E-state index is 14.0.